The van der Waals surface area contributed by atoms with Crippen LogP contribution in [-0.4, -0.2) is 35.4 Å². The van der Waals surface area contributed by atoms with Crippen LogP contribution < -0.4 is 11.1 Å². The molecule has 174 valence electrons. The monoisotopic (exact) mass is 461 g/mol. The van der Waals surface area contributed by atoms with E-state index in [0.717, 1.165) is 30.2 Å². The Kier molecular flexibility index (Phi) is 4.96. The van der Waals surface area contributed by atoms with Gasteiger partial charge in [0.05, 0.1) is 11.3 Å². The molecule has 10 heteroatoms. The van der Waals surface area contributed by atoms with E-state index in [4.69, 9.17) is 10.7 Å². The third-order valence-corrected chi connectivity index (χ3v) is 6.28. The highest BCUT2D eigenvalue weighted by Gasteiger charge is 2.48. The van der Waals surface area contributed by atoms with Crippen molar-refractivity contribution in [2.75, 3.05) is 11.1 Å². The van der Waals surface area contributed by atoms with E-state index in [2.05, 4.69) is 34.1 Å². The van der Waals surface area contributed by atoms with Crippen molar-refractivity contribution in [1.82, 2.24) is 24.3 Å². The van der Waals surface area contributed by atoms with Crippen LogP contribution >= 0.6 is 0 Å². The number of nitrogens with one attached hydrogen (secondary N) is 1. The first-order valence-corrected chi connectivity index (χ1v) is 11.0. The highest BCUT2D eigenvalue weighted by molar-refractivity contribution is 6.09. The average Bonchev–Trinajstić information content (AvgIpc) is 3.36. The number of aryl methyl sites for hydroxylation is 1. The quantitative estimate of drug-likeness (QED) is 0.415. The smallest absolute Gasteiger partial charge is 0.240 e. The maximum atomic E-state index is 13.6. The van der Waals surface area contributed by atoms with Gasteiger partial charge in [0.25, 0.3) is 0 Å². The molecule has 9 nitrogen and oxygen atoms in total. The Balaban J connectivity index is 1.62. The number of nitrogens with zero attached hydrogens (tertiary/aromatic N) is 5. The molecule has 0 radical (unpaired) electrons. The lowest BCUT2D eigenvalue weighted by Gasteiger charge is -2.23. The fraction of sp³-hybridized carbons (Fsp3) is 0.292. The van der Waals surface area contributed by atoms with Crippen molar-refractivity contribution in [2.24, 2.45) is 5.92 Å². The summed E-state index contributed by atoms with van der Waals surface area (Å²) < 4.78 is 15.5. The van der Waals surface area contributed by atoms with Crippen molar-refractivity contribution in [1.29, 1.82) is 0 Å². The lowest BCUT2D eigenvalue weighted by atomic mass is 9.77. The Bertz CT molecular complexity index is 1450. The lowest BCUT2D eigenvalue weighted by Crippen LogP contribution is -2.33. The molecule has 5 rings (SSSR count). The average molecular weight is 462 g/mol. The van der Waals surface area contributed by atoms with Crippen molar-refractivity contribution >= 4 is 23.2 Å². The number of aromatic nitrogens is 5. The standard InChI is InChI=1S/C24H24FN7O2/c1-12(2)4-7-15-22-27-8-9-32(22)11-16(28-15)20-29-19(26)18-21(30-20)31-23(34)24(18,3)13-5-6-14(25)17(33)10-13/h5-6,8-12,33H,4,7H2,1-3H3,(H3,26,29,30,31,34)/t24-/m0/s1. The Labute approximate surface area is 194 Å². The number of nitrogens with two attached hydrogens (primary N) is 1. The number of aromatic hydroxyl groups is 1. The molecule has 34 heavy (non-hydrogen) atoms. The molecule has 0 spiro atoms. The SMILES string of the molecule is CC(C)CCc1nc(-c2nc(N)c3c(n2)NC(=O)[C@@]3(C)c2ccc(F)c(O)c2)cn2ccnc12. The number of imidazole rings is 1. The van der Waals surface area contributed by atoms with E-state index in [1.54, 1.807) is 19.3 Å². The molecule has 4 heterocycles. The summed E-state index contributed by atoms with van der Waals surface area (Å²) >= 11 is 0. The fourth-order valence-corrected chi connectivity index (χ4v) is 4.32. The first kappa shape index (κ1) is 21.7. The van der Waals surface area contributed by atoms with Gasteiger partial charge in [-0.05, 0) is 43.4 Å². The number of anilines is 2. The third kappa shape index (κ3) is 3.33. The molecular formula is C24H24FN7O2. The van der Waals surface area contributed by atoms with Gasteiger partial charge in [-0.1, -0.05) is 19.9 Å². The summed E-state index contributed by atoms with van der Waals surface area (Å²) in [5.74, 6) is -0.601. The van der Waals surface area contributed by atoms with Crippen LogP contribution in [0.2, 0.25) is 0 Å². The number of hydrogen-bond donors (Lipinski definition) is 3. The number of carbonyl (C=O) groups excluding carboxylic acids is 1. The summed E-state index contributed by atoms with van der Waals surface area (Å²) in [4.78, 5) is 31.3. The number of halogens is 1. The highest BCUT2D eigenvalue weighted by Crippen LogP contribution is 2.45. The largest absolute Gasteiger partial charge is 0.505 e. The van der Waals surface area contributed by atoms with Gasteiger partial charge in [0, 0.05) is 18.6 Å². The summed E-state index contributed by atoms with van der Waals surface area (Å²) in [6.45, 7) is 5.94. The Morgan fingerprint density at radius 2 is 2.06 bits per heavy atom. The zero-order valence-electron chi connectivity index (χ0n) is 19.0. The van der Waals surface area contributed by atoms with Crippen molar-refractivity contribution < 1.29 is 14.3 Å². The minimum absolute atomic E-state index is 0.0981. The van der Waals surface area contributed by atoms with Gasteiger partial charge in [0.1, 0.15) is 22.7 Å². The number of benzene rings is 1. The van der Waals surface area contributed by atoms with Crippen LogP contribution in [0.1, 0.15) is 44.0 Å². The van der Waals surface area contributed by atoms with Crippen LogP contribution in [0.4, 0.5) is 16.0 Å². The highest BCUT2D eigenvalue weighted by atomic mass is 19.1. The van der Waals surface area contributed by atoms with E-state index < -0.39 is 22.9 Å². The second kappa shape index (κ2) is 7.75. The predicted molar refractivity (Wildman–Crippen MR) is 125 cm³/mol. The predicted octanol–water partition coefficient (Wildman–Crippen LogP) is 3.46. The molecule has 0 saturated carbocycles. The molecule has 1 aliphatic heterocycles. The molecule has 0 bridgehead atoms. The molecule has 3 aromatic heterocycles. The van der Waals surface area contributed by atoms with Crippen LogP contribution in [0.5, 0.6) is 5.75 Å². The van der Waals surface area contributed by atoms with Crippen LogP contribution in [0.15, 0.2) is 36.8 Å². The van der Waals surface area contributed by atoms with Gasteiger partial charge in [-0.3, -0.25) is 4.79 Å². The van der Waals surface area contributed by atoms with Gasteiger partial charge in [0.2, 0.25) is 5.91 Å². The summed E-state index contributed by atoms with van der Waals surface area (Å²) in [6.07, 6.45) is 7.01. The van der Waals surface area contributed by atoms with Crippen molar-refractivity contribution in [3.63, 3.8) is 0 Å². The second-order valence-electron chi connectivity index (χ2n) is 9.06. The van der Waals surface area contributed by atoms with Gasteiger partial charge in [-0.2, -0.15) is 0 Å². The van der Waals surface area contributed by atoms with Crippen molar-refractivity contribution in [3.05, 3.63) is 59.4 Å². The molecule has 4 N–H and O–H groups in total. The number of hydrogen-bond acceptors (Lipinski definition) is 7. The summed E-state index contributed by atoms with van der Waals surface area (Å²) in [5.41, 5.74) is 7.91. The summed E-state index contributed by atoms with van der Waals surface area (Å²) in [6, 6.07) is 3.76. The Morgan fingerprint density at radius 3 is 2.79 bits per heavy atom. The summed E-state index contributed by atoms with van der Waals surface area (Å²) in [5, 5.41) is 12.6. The van der Waals surface area contributed by atoms with E-state index in [1.807, 2.05) is 10.6 Å². The number of carbonyl (C=O) groups is 1. The number of phenolic OH excluding ortho intramolecular Hbond substituents is 1. The Morgan fingerprint density at radius 1 is 1.26 bits per heavy atom. The van der Waals surface area contributed by atoms with Crippen LogP contribution in [-0.2, 0) is 16.6 Å². The third-order valence-electron chi connectivity index (χ3n) is 6.28. The first-order chi connectivity index (χ1) is 16.2. The zero-order chi connectivity index (χ0) is 24.2. The van der Waals surface area contributed by atoms with E-state index in [0.29, 0.717) is 22.7 Å². The molecule has 0 saturated heterocycles. The normalized spacial score (nSPS) is 17.4. The number of phenols is 1. The maximum absolute atomic E-state index is 13.6. The second-order valence-corrected chi connectivity index (χ2v) is 9.06. The van der Waals surface area contributed by atoms with Crippen LogP contribution in [0, 0.1) is 11.7 Å². The molecule has 1 amide bonds. The molecule has 1 aliphatic rings. The lowest BCUT2D eigenvalue weighted by molar-refractivity contribution is -0.119. The minimum Gasteiger partial charge on any atom is -0.505 e. The molecular weight excluding hydrogens is 437 g/mol. The first-order valence-electron chi connectivity index (χ1n) is 11.0. The Hall–Kier alpha value is -4.08. The van der Waals surface area contributed by atoms with Crippen LogP contribution in [0.3, 0.4) is 0 Å². The van der Waals surface area contributed by atoms with Gasteiger partial charge in [0.15, 0.2) is 23.0 Å². The minimum atomic E-state index is -1.30. The number of fused-ring (bicyclic) bond motifs is 2. The molecule has 4 aromatic rings. The van der Waals surface area contributed by atoms with Gasteiger partial charge in [-0.25, -0.2) is 24.3 Å². The van der Waals surface area contributed by atoms with Crippen LogP contribution in [0.25, 0.3) is 17.2 Å². The molecule has 1 aromatic carbocycles. The number of amides is 1. The van der Waals surface area contributed by atoms with E-state index in [-0.39, 0.29) is 17.5 Å². The molecule has 1 atom stereocenters. The topological polar surface area (TPSA) is 131 Å². The number of rotatable bonds is 5. The zero-order valence-corrected chi connectivity index (χ0v) is 19.0. The van der Waals surface area contributed by atoms with Gasteiger partial charge >= 0.3 is 0 Å². The van der Waals surface area contributed by atoms with Crippen molar-refractivity contribution in [2.45, 2.75) is 39.0 Å². The van der Waals surface area contributed by atoms with E-state index >= 15 is 0 Å². The maximum Gasteiger partial charge on any atom is 0.240 e. The fourth-order valence-electron chi connectivity index (χ4n) is 4.32. The van der Waals surface area contributed by atoms with E-state index in [9.17, 15) is 14.3 Å². The van der Waals surface area contributed by atoms with Gasteiger partial charge in [-0.15, -0.1) is 0 Å². The molecule has 0 aliphatic carbocycles. The molecule has 0 fully saturated rings. The number of nitrogen functional groups attached to an aromatic ring is 1. The molecule has 0 unspecified atom stereocenters. The van der Waals surface area contributed by atoms with Gasteiger partial charge < -0.3 is 20.6 Å². The van der Waals surface area contributed by atoms with Crippen molar-refractivity contribution in [3.8, 4) is 17.3 Å². The summed E-state index contributed by atoms with van der Waals surface area (Å²) in [7, 11) is 0. The van der Waals surface area contributed by atoms with E-state index in [1.165, 1.54) is 12.1 Å².